The highest BCUT2D eigenvalue weighted by Gasteiger charge is 2.76. The zero-order valence-corrected chi connectivity index (χ0v) is 12.5. The smallest absolute Gasteiger partial charge is 0.439 e. The van der Waals surface area contributed by atoms with E-state index in [1.807, 2.05) is 0 Å². The number of rotatable bonds is 3. The molecule has 0 aliphatic rings. The minimum absolute atomic E-state index is 0.212. The fraction of sp³-hybridized carbons (Fsp3) is 0.308. The van der Waals surface area contributed by atoms with E-state index in [1.165, 1.54) is 0 Å². The van der Waals surface area contributed by atoms with Crippen molar-refractivity contribution in [1.29, 1.82) is 0 Å². The molecule has 0 radical (unpaired) electrons. The lowest BCUT2D eigenvalue weighted by atomic mass is 9.97. The van der Waals surface area contributed by atoms with Gasteiger partial charge < -0.3 is 5.11 Å². The Kier molecular flexibility index (Phi) is 5.63. The van der Waals surface area contributed by atoms with Gasteiger partial charge in [-0.1, -0.05) is 23.4 Å². The molecule has 1 aromatic rings. The second-order valence-corrected chi connectivity index (χ2v) is 5.13. The van der Waals surface area contributed by atoms with E-state index in [9.17, 15) is 53.8 Å². The molecule has 0 fully saturated rings. The topological polar surface area (TPSA) is 40.1 Å². The third-order valence-electron chi connectivity index (χ3n) is 2.94. The molecule has 0 N–H and O–H groups in total. The fourth-order valence-corrected chi connectivity index (χ4v) is 1.93. The van der Waals surface area contributed by atoms with Crippen LogP contribution in [0.4, 0.5) is 43.9 Å². The molecule has 0 spiro atoms. The molecule has 0 aliphatic heterocycles. The van der Waals surface area contributed by atoms with Crippen LogP contribution in [0, 0.1) is 0 Å². The summed E-state index contributed by atoms with van der Waals surface area (Å²) in [6, 6.07) is 0.823. The highest BCUT2D eigenvalue weighted by Crippen LogP contribution is 2.47. The number of halogens is 11. The molecule has 1 rings (SSSR count). The Morgan fingerprint density at radius 2 is 1.38 bits per heavy atom. The summed E-state index contributed by atoms with van der Waals surface area (Å²) in [5, 5.41) is 10.4. The number of carbonyl (C=O) groups is 1. The quantitative estimate of drug-likeness (QED) is 0.414. The van der Waals surface area contributed by atoms with Crippen LogP contribution in [0.15, 0.2) is 24.3 Å². The lowest BCUT2D eigenvalue weighted by Crippen LogP contribution is -2.58. The lowest BCUT2D eigenvalue weighted by Gasteiger charge is -2.28. The fourth-order valence-electron chi connectivity index (χ4n) is 1.64. The molecule has 0 aliphatic carbocycles. The summed E-state index contributed by atoms with van der Waals surface area (Å²) in [4.78, 5) is 11.1. The molecule has 0 saturated heterocycles. The number of benzene rings is 1. The Bertz CT molecular complexity index is 716. The molecule has 0 atom stereocenters. The minimum atomic E-state index is -6.73. The van der Waals surface area contributed by atoms with E-state index < -0.39 is 58.0 Å². The van der Waals surface area contributed by atoms with Gasteiger partial charge in [-0.25, -0.2) is 4.39 Å². The third kappa shape index (κ3) is 4.05. The zero-order valence-electron chi connectivity index (χ0n) is 11.8. The highest BCUT2D eigenvalue weighted by atomic mass is 35.5. The average Bonchev–Trinajstić information content (AvgIpc) is 2.42. The van der Waals surface area contributed by atoms with Crippen LogP contribution in [0.2, 0.25) is 5.02 Å². The number of alkyl halides is 10. The van der Waals surface area contributed by atoms with E-state index in [0.29, 0.717) is 6.07 Å². The first-order valence-corrected chi connectivity index (χ1v) is 6.43. The summed E-state index contributed by atoms with van der Waals surface area (Å²) < 4.78 is 125. The van der Waals surface area contributed by atoms with Crippen LogP contribution in [-0.4, -0.2) is 23.8 Å². The number of ketones is 1. The molecule has 0 aromatic heterocycles. The van der Waals surface area contributed by atoms with Gasteiger partial charge in [0.1, 0.15) is 0 Å². The molecule has 0 amide bonds. The monoisotopic (exact) mass is 417 g/mol. The molecular weight excluding hydrogens is 414 g/mol. The summed E-state index contributed by atoms with van der Waals surface area (Å²) >= 11 is 5.22. The van der Waals surface area contributed by atoms with Gasteiger partial charge in [-0.05, 0) is 23.8 Å². The standard InChI is InChI=1S/C13H5ClF10O2/c14-7-3-5(1-2-6(7)11(16,17)18)8(25)4-9(26)10(15,12(19,20)21)13(22,23)24/h1-4,25H/p-1/b8-4-. The van der Waals surface area contributed by atoms with Crippen LogP contribution in [0.3, 0.4) is 0 Å². The summed E-state index contributed by atoms with van der Waals surface area (Å²) in [5.41, 5.74) is -8.76. The maximum Gasteiger partial charge on any atom is 0.439 e. The maximum atomic E-state index is 13.4. The Hall–Kier alpha value is -1.98. The van der Waals surface area contributed by atoms with Gasteiger partial charge >= 0.3 is 24.2 Å². The van der Waals surface area contributed by atoms with Gasteiger partial charge in [0.2, 0.25) is 5.78 Å². The van der Waals surface area contributed by atoms with E-state index in [2.05, 4.69) is 0 Å². The summed E-state index contributed by atoms with van der Waals surface area (Å²) in [6.45, 7) is 0. The molecular formula is C13H4ClF10O2-. The molecule has 0 unspecified atom stereocenters. The SMILES string of the molecule is O=C(/C=C(\[O-])c1ccc(C(F)(F)F)c(Cl)c1)C(F)(C(F)(F)F)C(F)(F)F. The molecule has 1 aromatic carbocycles. The van der Waals surface area contributed by atoms with Crippen molar-refractivity contribution in [3.05, 3.63) is 40.4 Å². The molecule has 0 bridgehead atoms. The van der Waals surface area contributed by atoms with E-state index >= 15 is 0 Å². The first-order chi connectivity index (χ1) is 11.4. The normalized spacial score (nSPS) is 14.5. The van der Waals surface area contributed by atoms with Gasteiger partial charge in [0, 0.05) is 0 Å². The first-order valence-electron chi connectivity index (χ1n) is 6.05. The molecule has 2 nitrogen and oxygen atoms in total. The Morgan fingerprint density at radius 3 is 1.73 bits per heavy atom. The van der Waals surface area contributed by atoms with Gasteiger partial charge in [-0.2, -0.15) is 39.5 Å². The predicted molar refractivity (Wildman–Crippen MR) is 65.4 cm³/mol. The first kappa shape index (κ1) is 22.1. The number of allylic oxidation sites excluding steroid dienone is 1. The number of carbonyl (C=O) groups excluding carboxylic acids is 1. The Morgan fingerprint density at radius 1 is 0.923 bits per heavy atom. The average molecular weight is 418 g/mol. The summed E-state index contributed by atoms with van der Waals surface area (Å²) in [5.74, 6) is -5.18. The van der Waals surface area contributed by atoms with E-state index in [1.54, 1.807) is 0 Å². The molecule has 26 heavy (non-hydrogen) atoms. The van der Waals surface area contributed by atoms with Crippen molar-refractivity contribution in [3.8, 4) is 0 Å². The predicted octanol–water partition coefficient (Wildman–Crippen LogP) is 4.46. The van der Waals surface area contributed by atoms with Crippen LogP contribution in [-0.2, 0) is 11.0 Å². The highest BCUT2D eigenvalue weighted by molar-refractivity contribution is 6.31. The van der Waals surface area contributed by atoms with Gasteiger partial charge in [0.05, 0.1) is 10.6 Å². The zero-order chi connectivity index (χ0) is 20.7. The van der Waals surface area contributed by atoms with Crippen molar-refractivity contribution >= 4 is 23.1 Å². The van der Waals surface area contributed by atoms with Crippen molar-refractivity contribution in [2.45, 2.75) is 24.2 Å². The van der Waals surface area contributed by atoms with Crippen molar-refractivity contribution in [3.63, 3.8) is 0 Å². The van der Waals surface area contributed by atoms with Crippen molar-refractivity contribution < 1.29 is 53.8 Å². The Labute approximate surface area is 142 Å². The summed E-state index contributed by atoms with van der Waals surface area (Å²) in [6.07, 6.45) is -19.3. The van der Waals surface area contributed by atoms with Crippen LogP contribution in [0.1, 0.15) is 11.1 Å². The number of hydrogen-bond acceptors (Lipinski definition) is 2. The van der Waals surface area contributed by atoms with Crippen LogP contribution >= 0.6 is 11.6 Å². The van der Waals surface area contributed by atoms with Gasteiger partial charge in [0.15, 0.2) is 0 Å². The largest absolute Gasteiger partial charge is 0.872 e. The van der Waals surface area contributed by atoms with Crippen molar-refractivity contribution in [2.75, 3.05) is 0 Å². The molecule has 0 heterocycles. The molecule has 13 heteroatoms. The summed E-state index contributed by atoms with van der Waals surface area (Å²) in [7, 11) is 0. The van der Waals surface area contributed by atoms with Crippen LogP contribution in [0.25, 0.3) is 5.76 Å². The number of hydrogen-bond donors (Lipinski definition) is 0. The van der Waals surface area contributed by atoms with Gasteiger partial charge in [0.25, 0.3) is 0 Å². The second-order valence-electron chi connectivity index (χ2n) is 4.72. The Balaban J connectivity index is 3.36. The van der Waals surface area contributed by atoms with Gasteiger partial charge in [-0.15, -0.1) is 0 Å². The van der Waals surface area contributed by atoms with Crippen LogP contribution in [0.5, 0.6) is 0 Å². The third-order valence-corrected chi connectivity index (χ3v) is 3.25. The van der Waals surface area contributed by atoms with Crippen molar-refractivity contribution in [2.24, 2.45) is 0 Å². The van der Waals surface area contributed by atoms with E-state index in [-0.39, 0.29) is 12.1 Å². The lowest BCUT2D eigenvalue weighted by molar-refractivity contribution is -0.323. The molecule has 146 valence electrons. The second kappa shape index (κ2) is 6.63. The van der Waals surface area contributed by atoms with Gasteiger partial charge in [-0.3, -0.25) is 4.79 Å². The van der Waals surface area contributed by atoms with Crippen molar-refractivity contribution in [1.82, 2.24) is 0 Å². The maximum absolute atomic E-state index is 13.4. The minimum Gasteiger partial charge on any atom is -0.872 e. The van der Waals surface area contributed by atoms with E-state index in [0.717, 1.165) is 0 Å². The van der Waals surface area contributed by atoms with E-state index in [4.69, 9.17) is 11.6 Å². The van der Waals surface area contributed by atoms with Crippen LogP contribution < -0.4 is 5.11 Å². The molecule has 0 saturated carbocycles.